The zero-order valence-corrected chi connectivity index (χ0v) is 12.4. The molecule has 3 N–H and O–H groups in total. The van der Waals surface area contributed by atoms with E-state index in [1.807, 2.05) is 0 Å². The molecule has 0 heterocycles. The summed E-state index contributed by atoms with van der Waals surface area (Å²) >= 11 is 0. The Kier molecular flexibility index (Phi) is 11.0. The lowest BCUT2D eigenvalue weighted by Gasteiger charge is -2.16. The smallest absolute Gasteiger partial charge is 0.222 e. The van der Waals surface area contributed by atoms with Gasteiger partial charge in [-0.15, -0.1) is 0 Å². The highest BCUT2D eigenvalue weighted by molar-refractivity contribution is 5.81. The number of unbranched alkanes of at least 4 members (excludes halogenated alkanes) is 6. The summed E-state index contributed by atoms with van der Waals surface area (Å²) in [6.45, 7) is 2.72. The van der Waals surface area contributed by atoms with Crippen molar-refractivity contribution in [2.24, 2.45) is 10.9 Å². The van der Waals surface area contributed by atoms with E-state index in [0.29, 0.717) is 19.4 Å². The van der Waals surface area contributed by atoms with Crippen LogP contribution in [0.4, 0.5) is 0 Å². The summed E-state index contributed by atoms with van der Waals surface area (Å²) in [4.78, 5) is 13.4. The Bertz CT molecular complexity index is 267. The summed E-state index contributed by atoms with van der Waals surface area (Å²) in [5.41, 5.74) is 5.36. The summed E-state index contributed by atoms with van der Waals surface area (Å²) in [6.07, 6.45) is 9.49. The van der Waals surface area contributed by atoms with Gasteiger partial charge in [-0.05, 0) is 6.42 Å². The molecule has 0 bridgehead atoms. The Balaban J connectivity index is 3.52. The predicted octanol–water partition coefficient (Wildman–Crippen LogP) is 2.72. The van der Waals surface area contributed by atoms with Gasteiger partial charge in [-0.1, -0.05) is 50.6 Å². The fourth-order valence-electron chi connectivity index (χ4n) is 1.88. The highest BCUT2D eigenvalue weighted by Gasteiger charge is 2.08. The van der Waals surface area contributed by atoms with Crippen LogP contribution in [0, 0.1) is 0 Å². The van der Waals surface area contributed by atoms with Gasteiger partial charge < -0.3 is 15.8 Å². The van der Waals surface area contributed by atoms with Crippen LogP contribution in [0.2, 0.25) is 0 Å². The van der Waals surface area contributed by atoms with E-state index in [1.165, 1.54) is 32.1 Å². The third kappa shape index (κ3) is 10.4. The van der Waals surface area contributed by atoms with Gasteiger partial charge in [0.15, 0.2) is 0 Å². The SMILES string of the molecule is CCCCCCCCCC(=O)N(C)CCC(N)=NO. The first-order chi connectivity index (χ1) is 9.11. The van der Waals surface area contributed by atoms with E-state index in [0.717, 1.165) is 12.8 Å². The Morgan fingerprint density at radius 1 is 1.11 bits per heavy atom. The monoisotopic (exact) mass is 271 g/mol. The van der Waals surface area contributed by atoms with E-state index in [-0.39, 0.29) is 11.7 Å². The second kappa shape index (κ2) is 11.8. The molecule has 0 radical (unpaired) electrons. The minimum Gasteiger partial charge on any atom is -0.409 e. The molecule has 0 saturated carbocycles. The fraction of sp³-hybridized carbons (Fsp3) is 0.857. The maximum absolute atomic E-state index is 11.8. The molecular formula is C14H29N3O2. The van der Waals surface area contributed by atoms with Crippen molar-refractivity contribution in [1.29, 1.82) is 0 Å². The first-order valence-electron chi connectivity index (χ1n) is 7.32. The third-order valence-electron chi connectivity index (χ3n) is 3.25. The van der Waals surface area contributed by atoms with Crippen molar-refractivity contribution in [2.75, 3.05) is 13.6 Å². The molecule has 112 valence electrons. The lowest BCUT2D eigenvalue weighted by atomic mass is 10.1. The molecule has 5 heteroatoms. The van der Waals surface area contributed by atoms with E-state index < -0.39 is 0 Å². The molecule has 0 rings (SSSR count). The molecular weight excluding hydrogens is 242 g/mol. The van der Waals surface area contributed by atoms with Crippen LogP contribution in [-0.4, -0.2) is 35.4 Å². The molecule has 0 aromatic rings. The zero-order valence-electron chi connectivity index (χ0n) is 12.4. The topological polar surface area (TPSA) is 78.9 Å². The van der Waals surface area contributed by atoms with Crippen LogP contribution in [0.1, 0.15) is 64.7 Å². The molecule has 1 amide bonds. The zero-order chi connectivity index (χ0) is 14.5. The molecule has 0 aromatic carbocycles. The van der Waals surface area contributed by atoms with E-state index in [4.69, 9.17) is 10.9 Å². The van der Waals surface area contributed by atoms with E-state index >= 15 is 0 Å². The van der Waals surface area contributed by atoms with E-state index in [9.17, 15) is 4.79 Å². The maximum atomic E-state index is 11.8. The molecule has 0 atom stereocenters. The molecule has 19 heavy (non-hydrogen) atoms. The number of nitrogens with two attached hydrogens (primary N) is 1. The van der Waals surface area contributed by atoms with Gasteiger partial charge >= 0.3 is 0 Å². The molecule has 5 nitrogen and oxygen atoms in total. The van der Waals surface area contributed by atoms with Crippen molar-refractivity contribution >= 4 is 11.7 Å². The lowest BCUT2D eigenvalue weighted by molar-refractivity contribution is -0.129. The van der Waals surface area contributed by atoms with Crippen molar-refractivity contribution in [3.63, 3.8) is 0 Å². The summed E-state index contributed by atoms with van der Waals surface area (Å²) in [6, 6.07) is 0. The molecule has 0 fully saturated rings. The normalized spacial score (nSPS) is 11.6. The van der Waals surface area contributed by atoms with Crippen LogP contribution >= 0.6 is 0 Å². The standard InChI is InChI=1S/C14H29N3O2/c1-3-4-5-6-7-8-9-10-14(18)17(2)12-11-13(15)16-19/h19H,3-12H2,1-2H3,(H2,15,16). The molecule has 0 spiro atoms. The number of amides is 1. The van der Waals surface area contributed by atoms with Gasteiger partial charge in [-0.25, -0.2) is 0 Å². The number of nitrogens with zero attached hydrogens (tertiary/aromatic N) is 2. The van der Waals surface area contributed by atoms with Crippen molar-refractivity contribution in [3.05, 3.63) is 0 Å². The first kappa shape index (κ1) is 17.7. The number of carbonyl (C=O) groups is 1. The van der Waals surface area contributed by atoms with E-state index in [1.54, 1.807) is 11.9 Å². The quantitative estimate of drug-likeness (QED) is 0.199. The summed E-state index contributed by atoms with van der Waals surface area (Å²) in [5, 5.41) is 11.3. The number of oxime groups is 1. The molecule has 0 aromatic heterocycles. The van der Waals surface area contributed by atoms with Crippen molar-refractivity contribution in [1.82, 2.24) is 4.90 Å². The summed E-state index contributed by atoms with van der Waals surface area (Å²) < 4.78 is 0. The summed E-state index contributed by atoms with van der Waals surface area (Å²) in [7, 11) is 1.76. The van der Waals surface area contributed by atoms with Gasteiger partial charge in [-0.3, -0.25) is 4.79 Å². The highest BCUT2D eigenvalue weighted by atomic mass is 16.4. The van der Waals surface area contributed by atoms with Crippen molar-refractivity contribution in [2.45, 2.75) is 64.7 Å². The Labute approximate surface area is 116 Å². The number of rotatable bonds is 11. The third-order valence-corrected chi connectivity index (χ3v) is 3.25. The van der Waals surface area contributed by atoms with Gasteiger partial charge in [-0.2, -0.15) is 0 Å². The lowest BCUT2D eigenvalue weighted by Crippen LogP contribution is -2.30. The average Bonchev–Trinajstić information content (AvgIpc) is 2.42. The van der Waals surface area contributed by atoms with Crippen LogP contribution < -0.4 is 5.73 Å². The highest BCUT2D eigenvalue weighted by Crippen LogP contribution is 2.09. The average molecular weight is 271 g/mol. The second-order valence-corrected chi connectivity index (χ2v) is 5.03. The first-order valence-corrected chi connectivity index (χ1v) is 7.32. The largest absolute Gasteiger partial charge is 0.409 e. The minimum absolute atomic E-state index is 0.138. The van der Waals surface area contributed by atoms with E-state index in [2.05, 4.69) is 12.1 Å². The van der Waals surface area contributed by atoms with Crippen LogP contribution in [0.25, 0.3) is 0 Å². The Morgan fingerprint density at radius 3 is 2.26 bits per heavy atom. The minimum atomic E-state index is 0.138. The number of hydrogen-bond donors (Lipinski definition) is 2. The molecule has 0 aliphatic carbocycles. The van der Waals surface area contributed by atoms with Crippen LogP contribution in [-0.2, 0) is 4.79 Å². The Morgan fingerprint density at radius 2 is 1.68 bits per heavy atom. The number of hydrogen-bond acceptors (Lipinski definition) is 3. The van der Waals surface area contributed by atoms with Gasteiger partial charge in [0.25, 0.3) is 0 Å². The van der Waals surface area contributed by atoms with Crippen LogP contribution in [0.5, 0.6) is 0 Å². The molecule has 0 saturated heterocycles. The van der Waals surface area contributed by atoms with Gasteiger partial charge in [0.05, 0.1) is 0 Å². The predicted molar refractivity (Wildman–Crippen MR) is 78.3 cm³/mol. The number of carbonyl (C=O) groups excluding carboxylic acids is 1. The molecule has 0 unspecified atom stereocenters. The fourth-order valence-corrected chi connectivity index (χ4v) is 1.88. The summed E-state index contributed by atoms with van der Waals surface area (Å²) in [5.74, 6) is 0.301. The second-order valence-electron chi connectivity index (χ2n) is 5.03. The van der Waals surface area contributed by atoms with Gasteiger partial charge in [0, 0.05) is 26.4 Å². The van der Waals surface area contributed by atoms with Crippen LogP contribution in [0.15, 0.2) is 5.16 Å². The molecule has 0 aliphatic rings. The number of amidine groups is 1. The van der Waals surface area contributed by atoms with Gasteiger partial charge in [0.1, 0.15) is 5.84 Å². The van der Waals surface area contributed by atoms with Gasteiger partial charge in [0.2, 0.25) is 5.91 Å². The van der Waals surface area contributed by atoms with Crippen molar-refractivity contribution in [3.8, 4) is 0 Å². The van der Waals surface area contributed by atoms with Crippen LogP contribution in [0.3, 0.4) is 0 Å². The molecule has 0 aliphatic heterocycles. The van der Waals surface area contributed by atoms with Crippen molar-refractivity contribution < 1.29 is 10.0 Å². The maximum Gasteiger partial charge on any atom is 0.222 e. The Hall–Kier alpha value is -1.26.